The highest BCUT2D eigenvalue weighted by Gasteiger charge is 2.24. The zero-order chi connectivity index (χ0) is 17.8. The van der Waals surface area contributed by atoms with Gasteiger partial charge in [0.05, 0.1) is 19.2 Å². The molecule has 0 saturated carbocycles. The smallest absolute Gasteiger partial charge is 0.274 e. The van der Waals surface area contributed by atoms with Gasteiger partial charge in [0.2, 0.25) is 0 Å². The zero-order valence-electron chi connectivity index (χ0n) is 13.7. The molecule has 2 amide bonds. The maximum absolute atomic E-state index is 12.8. The van der Waals surface area contributed by atoms with Crippen molar-refractivity contribution in [2.75, 3.05) is 20.3 Å². The Balaban J connectivity index is 1.82. The molecule has 2 aromatic carbocycles. The van der Waals surface area contributed by atoms with Crippen LogP contribution in [0.4, 0.5) is 0 Å². The molecule has 2 aromatic rings. The number of hydrogen-bond donors (Lipinski definition) is 2. The van der Waals surface area contributed by atoms with E-state index in [1.165, 1.54) is 18.2 Å². The molecule has 1 heterocycles. The molecule has 0 saturated heterocycles. The van der Waals surface area contributed by atoms with Gasteiger partial charge in [-0.25, -0.2) is 5.48 Å². The molecular formula is C18H18N2O5. The van der Waals surface area contributed by atoms with E-state index in [1.807, 2.05) is 24.3 Å². The minimum atomic E-state index is -0.654. The molecule has 0 bridgehead atoms. The van der Waals surface area contributed by atoms with Gasteiger partial charge in [0.15, 0.2) is 0 Å². The van der Waals surface area contributed by atoms with Gasteiger partial charge in [0, 0.05) is 12.1 Å². The molecule has 0 aromatic heterocycles. The maximum Gasteiger partial charge on any atom is 0.274 e. The standard InChI is InChI=1S/C18H18N2O5/c1-24-14-5-2-12(3-6-14)11-20-8-9-25-16-10-13(17(21)19-23)4-7-15(16)18(20)22/h2-7,10,23H,8-9,11H2,1H3,(H,19,21). The van der Waals surface area contributed by atoms with Gasteiger partial charge in [-0.2, -0.15) is 0 Å². The second-order valence-electron chi connectivity index (χ2n) is 5.58. The van der Waals surface area contributed by atoms with Crippen molar-refractivity contribution in [3.63, 3.8) is 0 Å². The summed E-state index contributed by atoms with van der Waals surface area (Å²) in [5.41, 5.74) is 3.16. The SMILES string of the molecule is COc1ccc(CN2CCOc3cc(C(=O)NO)ccc3C2=O)cc1. The molecule has 25 heavy (non-hydrogen) atoms. The van der Waals surface area contributed by atoms with Crippen molar-refractivity contribution >= 4 is 11.8 Å². The molecule has 0 spiro atoms. The molecule has 0 radical (unpaired) electrons. The molecule has 1 aliphatic rings. The fraction of sp³-hybridized carbons (Fsp3) is 0.222. The van der Waals surface area contributed by atoms with Gasteiger partial charge in [0.25, 0.3) is 11.8 Å². The fourth-order valence-electron chi connectivity index (χ4n) is 2.66. The summed E-state index contributed by atoms with van der Waals surface area (Å²) in [4.78, 5) is 26.0. The number of benzene rings is 2. The van der Waals surface area contributed by atoms with Crippen LogP contribution in [0.2, 0.25) is 0 Å². The molecule has 130 valence electrons. The van der Waals surface area contributed by atoms with E-state index in [0.29, 0.717) is 31.0 Å². The van der Waals surface area contributed by atoms with Gasteiger partial charge < -0.3 is 14.4 Å². The predicted octanol–water partition coefficient (Wildman–Crippen LogP) is 1.85. The summed E-state index contributed by atoms with van der Waals surface area (Å²) in [6.07, 6.45) is 0. The first-order valence-corrected chi connectivity index (χ1v) is 7.76. The van der Waals surface area contributed by atoms with Crippen LogP contribution in [0.15, 0.2) is 42.5 Å². The second kappa shape index (κ2) is 7.23. The van der Waals surface area contributed by atoms with Gasteiger partial charge in [0.1, 0.15) is 18.1 Å². The lowest BCUT2D eigenvalue weighted by atomic mass is 10.1. The van der Waals surface area contributed by atoms with E-state index < -0.39 is 5.91 Å². The van der Waals surface area contributed by atoms with E-state index in [1.54, 1.807) is 17.5 Å². The molecule has 3 rings (SSSR count). The molecule has 7 nitrogen and oxygen atoms in total. The van der Waals surface area contributed by atoms with Crippen molar-refractivity contribution < 1.29 is 24.3 Å². The number of hydroxylamine groups is 1. The third-order valence-corrected chi connectivity index (χ3v) is 4.01. The normalized spacial score (nSPS) is 13.5. The lowest BCUT2D eigenvalue weighted by Crippen LogP contribution is -2.31. The van der Waals surface area contributed by atoms with Crippen molar-refractivity contribution in [2.45, 2.75) is 6.54 Å². The molecule has 0 unspecified atom stereocenters. The highest BCUT2D eigenvalue weighted by molar-refractivity contribution is 6.00. The second-order valence-corrected chi connectivity index (χ2v) is 5.58. The van der Waals surface area contributed by atoms with E-state index in [4.69, 9.17) is 14.7 Å². The van der Waals surface area contributed by atoms with Crippen LogP contribution in [-0.2, 0) is 6.54 Å². The highest BCUT2D eigenvalue weighted by atomic mass is 16.5. The van der Waals surface area contributed by atoms with Crippen LogP contribution < -0.4 is 15.0 Å². The Morgan fingerprint density at radius 1 is 1.28 bits per heavy atom. The Morgan fingerprint density at radius 2 is 2.04 bits per heavy atom. The van der Waals surface area contributed by atoms with Gasteiger partial charge in [-0.05, 0) is 35.9 Å². The van der Waals surface area contributed by atoms with Crippen LogP contribution in [0.3, 0.4) is 0 Å². The Labute approximate surface area is 144 Å². The number of carbonyl (C=O) groups is 2. The predicted molar refractivity (Wildman–Crippen MR) is 88.9 cm³/mol. The molecule has 7 heteroatoms. The first kappa shape index (κ1) is 16.8. The van der Waals surface area contributed by atoms with Crippen LogP contribution in [0, 0.1) is 0 Å². The molecule has 1 aliphatic heterocycles. The van der Waals surface area contributed by atoms with Crippen LogP contribution in [0.1, 0.15) is 26.3 Å². The van der Waals surface area contributed by atoms with Gasteiger partial charge >= 0.3 is 0 Å². The first-order valence-electron chi connectivity index (χ1n) is 7.76. The lowest BCUT2D eigenvalue weighted by molar-refractivity contribution is 0.0704. The van der Waals surface area contributed by atoms with Crippen molar-refractivity contribution in [2.24, 2.45) is 0 Å². The number of amides is 2. The minimum Gasteiger partial charge on any atom is -0.497 e. The molecule has 2 N–H and O–H groups in total. The van der Waals surface area contributed by atoms with E-state index in [9.17, 15) is 9.59 Å². The monoisotopic (exact) mass is 342 g/mol. The average molecular weight is 342 g/mol. The quantitative estimate of drug-likeness (QED) is 0.654. The summed E-state index contributed by atoms with van der Waals surface area (Å²) in [5, 5.41) is 8.72. The summed E-state index contributed by atoms with van der Waals surface area (Å²) in [7, 11) is 1.60. The largest absolute Gasteiger partial charge is 0.497 e. The first-order chi connectivity index (χ1) is 12.1. The summed E-state index contributed by atoms with van der Waals surface area (Å²) in [6.45, 7) is 1.20. The number of fused-ring (bicyclic) bond motifs is 1. The summed E-state index contributed by atoms with van der Waals surface area (Å²) >= 11 is 0. The van der Waals surface area contributed by atoms with Crippen LogP contribution in [0.5, 0.6) is 11.5 Å². The third kappa shape index (κ3) is 3.56. The number of nitrogens with one attached hydrogen (secondary N) is 1. The Kier molecular flexibility index (Phi) is 4.85. The molecule has 0 fully saturated rings. The van der Waals surface area contributed by atoms with Crippen molar-refractivity contribution in [3.8, 4) is 11.5 Å². The van der Waals surface area contributed by atoms with Crippen molar-refractivity contribution in [1.82, 2.24) is 10.4 Å². The van der Waals surface area contributed by atoms with E-state index in [-0.39, 0.29) is 11.5 Å². The molecular weight excluding hydrogens is 324 g/mol. The molecule has 0 aliphatic carbocycles. The Hall–Kier alpha value is -3.06. The summed E-state index contributed by atoms with van der Waals surface area (Å²) < 4.78 is 10.8. The van der Waals surface area contributed by atoms with Crippen molar-refractivity contribution in [3.05, 3.63) is 59.2 Å². The Bertz CT molecular complexity index is 789. The number of ether oxygens (including phenoxy) is 2. The van der Waals surface area contributed by atoms with Gasteiger partial charge in [-0.3, -0.25) is 14.8 Å². The molecule has 0 atom stereocenters. The topological polar surface area (TPSA) is 88.1 Å². The zero-order valence-corrected chi connectivity index (χ0v) is 13.7. The summed E-state index contributed by atoms with van der Waals surface area (Å²) in [5.74, 6) is 0.273. The number of hydrogen-bond acceptors (Lipinski definition) is 5. The lowest BCUT2D eigenvalue weighted by Gasteiger charge is -2.20. The van der Waals surface area contributed by atoms with Gasteiger partial charge in [-0.15, -0.1) is 0 Å². The van der Waals surface area contributed by atoms with Crippen molar-refractivity contribution in [1.29, 1.82) is 0 Å². The Morgan fingerprint density at radius 3 is 2.72 bits per heavy atom. The maximum atomic E-state index is 12.8. The third-order valence-electron chi connectivity index (χ3n) is 4.01. The van der Waals surface area contributed by atoms with Crippen LogP contribution in [-0.4, -0.2) is 42.2 Å². The number of rotatable bonds is 4. The average Bonchev–Trinajstić information content (AvgIpc) is 2.80. The fourth-order valence-corrected chi connectivity index (χ4v) is 2.66. The summed E-state index contributed by atoms with van der Waals surface area (Å²) in [6, 6.07) is 12.0. The van der Waals surface area contributed by atoms with Crippen LogP contribution in [0.25, 0.3) is 0 Å². The van der Waals surface area contributed by atoms with Crippen LogP contribution >= 0.6 is 0 Å². The number of carbonyl (C=O) groups excluding carboxylic acids is 2. The highest BCUT2D eigenvalue weighted by Crippen LogP contribution is 2.26. The van der Waals surface area contributed by atoms with Gasteiger partial charge in [-0.1, -0.05) is 12.1 Å². The number of methoxy groups -OCH3 is 1. The van der Waals surface area contributed by atoms with E-state index >= 15 is 0 Å². The minimum absolute atomic E-state index is 0.167. The van der Waals surface area contributed by atoms with E-state index in [2.05, 4.69) is 0 Å². The number of nitrogens with zero attached hydrogens (tertiary/aromatic N) is 1. The van der Waals surface area contributed by atoms with E-state index in [0.717, 1.165) is 11.3 Å².